The second kappa shape index (κ2) is 10.1. The summed E-state index contributed by atoms with van der Waals surface area (Å²) in [4.78, 5) is 37.9. The number of hydrogen-bond donors (Lipinski definition) is 1. The van der Waals surface area contributed by atoms with E-state index in [1.54, 1.807) is 29.2 Å². The largest absolute Gasteiger partial charge is 0.483 e. The number of carbonyl (C=O) groups is 3. The van der Waals surface area contributed by atoms with Crippen molar-refractivity contribution >= 4 is 17.8 Å². The van der Waals surface area contributed by atoms with Crippen LogP contribution in [0.2, 0.25) is 0 Å². The van der Waals surface area contributed by atoms with Gasteiger partial charge in [0.1, 0.15) is 11.5 Å². The Morgan fingerprint density at radius 3 is 2.48 bits per heavy atom. The molecule has 1 N–H and O–H groups in total. The van der Waals surface area contributed by atoms with E-state index in [1.165, 1.54) is 6.92 Å². The maximum absolute atomic E-state index is 12.5. The van der Waals surface area contributed by atoms with Crippen LogP contribution in [0.3, 0.4) is 0 Å². The number of nitrogens with zero attached hydrogens (tertiary/aromatic N) is 1. The minimum atomic E-state index is -0.434. The van der Waals surface area contributed by atoms with Gasteiger partial charge < -0.3 is 19.7 Å². The zero-order valence-corrected chi connectivity index (χ0v) is 18.1. The number of rotatable bonds is 6. The van der Waals surface area contributed by atoms with Crippen molar-refractivity contribution in [3.63, 3.8) is 0 Å². The summed E-state index contributed by atoms with van der Waals surface area (Å²) >= 11 is 0. The summed E-state index contributed by atoms with van der Waals surface area (Å²) in [6, 6.07) is 12.3. The Hall–Kier alpha value is -3.35. The number of nitrogens with one attached hydrogen (secondary N) is 1. The van der Waals surface area contributed by atoms with Gasteiger partial charge in [-0.1, -0.05) is 18.2 Å². The molecule has 0 radical (unpaired) electrons. The van der Waals surface area contributed by atoms with Gasteiger partial charge >= 0.3 is 5.97 Å². The van der Waals surface area contributed by atoms with E-state index in [4.69, 9.17) is 9.47 Å². The molecule has 2 aromatic carbocycles. The molecule has 0 bridgehead atoms. The van der Waals surface area contributed by atoms with Gasteiger partial charge in [0.25, 0.3) is 11.8 Å². The van der Waals surface area contributed by atoms with Gasteiger partial charge in [0.2, 0.25) is 0 Å². The fourth-order valence-corrected chi connectivity index (χ4v) is 3.52. The number of esters is 1. The molecule has 3 rings (SSSR count). The van der Waals surface area contributed by atoms with Gasteiger partial charge in [0.15, 0.2) is 6.61 Å². The highest BCUT2D eigenvalue weighted by atomic mass is 16.5. The van der Waals surface area contributed by atoms with Crippen LogP contribution in [0.4, 0.5) is 0 Å². The van der Waals surface area contributed by atoms with Gasteiger partial charge in [-0.05, 0) is 62.1 Å². The Balaban J connectivity index is 1.47. The lowest BCUT2D eigenvalue weighted by molar-refractivity contribution is -0.134. The number of piperidine rings is 1. The van der Waals surface area contributed by atoms with Crippen molar-refractivity contribution in [2.24, 2.45) is 0 Å². The second-order valence-corrected chi connectivity index (χ2v) is 7.74. The van der Waals surface area contributed by atoms with E-state index in [0.717, 1.165) is 16.9 Å². The molecule has 1 fully saturated rings. The molecule has 164 valence electrons. The van der Waals surface area contributed by atoms with Crippen LogP contribution in [0.15, 0.2) is 42.5 Å². The van der Waals surface area contributed by atoms with Gasteiger partial charge in [-0.15, -0.1) is 0 Å². The average Bonchev–Trinajstić information content (AvgIpc) is 2.75. The van der Waals surface area contributed by atoms with Crippen molar-refractivity contribution in [1.29, 1.82) is 0 Å². The normalized spacial score (nSPS) is 14.1. The van der Waals surface area contributed by atoms with E-state index in [-0.39, 0.29) is 24.5 Å². The summed E-state index contributed by atoms with van der Waals surface area (Å²) in [7, 11) is 0. The third-order valence-corrected chi connectivity index (χ3v) is 5.45. The molecule has 0 unspecified atom stereocenters. The maximum Gasteiger partial charge on any atom is 0.308 e. The molecule has 1 saturated heterocycles. The van der Waals surface area contributed by atoms with Crippen LogP contribution in [0, 0.1) is 13.8 Å². The van der Waals surface area contributed by atoms with Gasteiger partial charge in [-0.2, -0.15) is 0 Å². The lowest BCUT2D eigenvalue weighted by atomic mass is 10.0. The average molecular weight is 424 g/mol. The van der Waals surface area contributed by atoms with Crippen molar-refractivity contribution in [3.8, 4) is 11.5 Å². The van der Waals surface area contributed by atoms with Crippen LogP contribution >= 0.6 is 0 Å². The van der Waals surface area contributed by atoms with Crippen molar-refractivity contribution in [2.75, 3.05) is 19.7 Å². The standard InChI is InChI=1S/C24H28N2O5/c1-16-6-4-9-22(17(16)2)30-15-23(28)26-12-10-20(11-13-26)25-24(29)19-7-5-8-21(14-19)31-18(3)27/h4-9,14,20H,10-13,15H2,1-3H3,(H,25,29). The smallest absolute Gasteiger partial charge is 0.308 e. The van der Waals surface area contributed by atoms with Gasteiger partial charge in [0, 0.05) is 31.6 Å². The molecule has 1 aliphatic rings. The summed E-state index contributed by atoms with van der Waals surface area (Å²) in [5.74, 6) is 0.351. The SMILES string of the molecule is CC(=O)Oc1cccc(C(=O)NC2CCN(C(=O)COc3cccc(C)c3C)CC2)c1. The van der Waals surface area contributed by atoms with E-state index in [0.29, 0.717) is 37.2 Å². The van der Waals surface area contributed by atoms with Crippen LogP contribution < -0.4 is 14.8 Å². The molecule has 0 spiro atoms. The monoisotopic (exact) mass is 424 g/mol. The highest BCUT2D eigenvalue weighted by Gasteiger charge is 2.24. The number of hydrogen-bond acceptors (Lipinski definition) is 5. The van der Waals surface area contributed by atoms with Crippen molar-refractivity contribution < 1.29 is 23.9 Å². The Bertz CT molecular complexity index is 964. The van der Waals surface area contributed by atoms with Gasteiger partial charge in [0.05, 0.1) is 0 Å². The first-order valence-corrected chi connectivity index (χ1v) is 10.4. The lowest BCUT2D eigenvalue weighted by Gasteiger charge is -2.32. The van der Waals surface area contributed by atoms with Crippen LogP contribution in [-0.2, 0) is 9.59 Å². The minimum Gasteiger partial charge on any atom is -0.483 e. The van der Waals surface area contributed by atoms with Crippen molar-refractivity contribution in [2.45, 2.75) is 39.7 Å². The number of likely N-dealkylation sites (tertiary alicyclic amines) is 1. The zero-order chi connectivity index (χ0) is 22.4. The molecule has 1 heterocycles. The van der Waals surface area contributed by atoms with Gasteiger partial charge in [-0.25, -0.2) is 0 Å². The third-order valence-electron chi connectivity index (χ3n) is 5.45. The van der Waals surface area contributed by atoms with Crippen LogP contribution in [0.1, 0.15) is 41.3 Å². The summed E-state index contributed by atoms with van der Waals surface area (Å²) in [6.45, 7) is 6.43. The molecule has 0 saturated carbocycles. The Morgan fingerprint density at radius 1 is 1.06 bits per heavy atom. The number of aryl methyl sites for hydroxylation is 1. The maximum atomic E-state index is 12.5. The molecule has 2 aromatic rings. The summed E-state index contributed by atoms with van der Waals surface area (Å²) in [5.41, 5.74) is 2.59. The van der Waals surface area contributed by atoms with Crippen LogP contribution in [0.5, 0.6) is 11.5 Å². The number of ether oxygens (including phenoxy) is 2. The molecular formula is C24H28N2O5. The fourth-order valence-electron chi connectivity index (χ4n) is 3.52. The summed E-state index contributed by atoms with van der Waals surface area (Å²) in [5, 5.41) is 3.00. The molecule has 0 aromatic heterocycles. The van der Waals surface area contributed by atoms with E-state index in [2.05, 4.69) is 5.32 Å². The Kier molecular flexibility index (Phi) is 7.28. The fraction of sp³-hybridized carbons (Fsp3) is 0.375. The molecule has 7 nitrogen and oxygen atoms in total. The minimum absolute atomic E-state index is 0.00423. The number of amides is 2. The molecule has 0 aliphatic carbocycles. The number of benzene rings is 2. The van der Waals surface area contributed by atoms with E-state index in [9.17, 15) is 14.4 Å². The van der Waals surface area contributed by atoms with E-state index in [1.807, 2.05) is 32.0 Å². The molecule has 1 aliphatic heterocycles. The first-order chi connectivity index (χ1) is 14.8. The first kappa shape index (κ1) is 22.3. The Morgan fingerprint density at radius 2 is 1.77 bits per heavy atom. The highest BCUT2D eigenvalue weighted by molar-refractivity contribution is 5.95. The molecule has 31 heavy (non-hydrogen) atoms. The Labute approximate surface area is 182 Å². The van der Waals surface area contributed by atoms with Crippen LogP contribution in [-0.4, -0.2) is 48.4 Å². The predicted octanol–water partition coefficient (Wildman–Crippen LogP) is 3.03. The molecular weight excluding hydrogens is 396 g/mol. The van der Waals surface area contributed by atoms with Crippen molar-refractivity contribution in [3.05, 3.63) is 59.2 Å². The molecule has 7 heteroatoms. The predicted molar refractivity (Wildman–Crippen MR) is 116 cm³/mol. The first-order valence-electron chi connectivity index (χ1n) is 10.4. The molecule has 0 atom stereocenters. The van der Waals surface area contributed by atoms with Crippen molar-refractivity contribution in [1.82, 2.24) is 10.2 Å². The van der Waals surface area contributed by atoms with E-state index >= 15 is 0 Å². The number of carbonyl (C=O) groups excluding carboxylic acids is 3. The summed E-state index contributed by atoms with van der Waals surface area (Å²) in [6.07, 6.45) is 1.34. The molecule has 2 amide bonds. The third kappa shape index (κ3) is 6.07. The zero-order valence-electron chi connectivity index (χ0n) is 18.1. The quantitative estimate of drug-likeness (QED) is 0.569. The van der Waals surface area contributed by atoms with Gasteiger partial charge in [-0.3, -0.25) is 14.4 Å². The van der Waals surface area contributed by atoms with E-state index < -0.39 is 5.97 Å². The van der Waals surface area contributed by atoms with Crippen LogP contribution in [0.25, 0.3) is 0 Å². The summed E-state index contributed by atoms with van der Waals surface area (Å²) < 4.78 is 10.8. The topological polar surface area (TPSA) is 84.9 Å². The highest BCUT2D eigenvalue weighted by Crippen LogP contribution is 2.21. The lowest BCUT2D eigenvalue weighted by Crippen LogP contribution is -2.47. The second-order valence-electron chi connectivity index (χ2n) is 7.74.